The van der Waals surface area contributed by atoms with Crippen molar-refractivity contribution < 1.29 is 4.74 Å². The van der Waals surface area contributed by atoms with Crippen LogP contribution < -0.4 is 15.8 Å². The Hall–Kier alpha value is -1.23. The lowest BCUT2D eigenvalue weighted by Crippen LogP contribution is -2.21. The van der Waals surface area contributed by atoms with Crippen LogP contribution in [0.4, 0.5) is 5.82 Å². The number of nitrogen functional groups attached to an aromatic ring is 1. The molecule has 2 atom stereocenters. The maximum absolute atomic E-state index is 6.19. The largest absolute Gasteiger partial charge is 0.487 e. The van der Waals surface area contributed by atoms with E-state index in [1.807, 2.05) is 11.6 Å². The fourth-order valence-electron chi connectivity index (χ4n) is 2.92. The topological polar surface area (TPSA) is 65.1 Å². The van der Waals surface area contributed by atoms with Crippen LogP contribution in [0.5, 0.6) is 5.75 Å². The van der Waals surface area contributed by atoms with Gasteiger partial charge in [0.2, 0.25) is 0 Å². The van der Waals surface area contributed by atoms with Crippen molar-refractivity contribution in [3.8, 4) is 5.75 Å². The highest BCUT2D eigenvalue weighted by atomic mass is 16.5. The van der Waals surface area contributed by atoms with Gasteiger partial charge >= 0.3 is 0 Å². The number of hydrogen-bond acceptors (Lipinski definition) is 4. The van der Waals surface area contributed by atoms with Crippen LogP contribution in [0.3, 0.4) is 0 Å². The summed E-state index contributed by atoms with van der Waals surface area (Å²) in [5, 5.41) is 7.94. The normalized spacial score (nSPS) is 27.5. The molecule has 0 spiro atoms. The van der Waals surface area contributed by atoms with Crippen molar-refractivity contribution in [2.45, 2.75) is 39.2 Å². The number of rotatable bonds is 4. The van der Waals surface area contributed by atoms with Crippen LogP contribution in [0.2, 0.25) is 0 Å². The van der Waals surface area contributed by atoms with E-state index < -0.39 is 0 Å². The van der Waals surface area contributed by atoms with Gasteiger partial charge in [0.05, 0.1) is 12.6 Å². The molecule has 3 rings (SSSR count). The monoisotopic (exact) mass is 264 g/mol. The van der Waals surface area contributed by atoms with Gasteiger partial charge in [-0.15, -0.1) is 0 Å². The summed E-state index contributed by atoms with van der Waals surface area (Å²) < 4.78 is 7.94. The maximum atomic E-state index is 6.19. The molecule has 106 valence electrons. The summed E-state index contributed by atoms with van der Waals surface area (Å²) >= 11 is 0. The maximum Gasteiger partial charge on any atom is 0.183 e. The van der Waals surface area contributed by atoms with E-state index in [0.29, 0.717) is 23.7 Å². The molecule has 1 unspecified atom stereocenters. The van der Waals surface area contributed by atoms with E-state index in [1.54, 1.807) is 0 Å². The van der Waals surface area contributed by atoms with Gasteiger partial charge in [-0.3, -0.25) is 0 Å². The molecule has 1 aliphatic carbocycles. The second-order valence-electron chi connectivity index (χ2n) is 6.04. The van der Waals surface area contributed by atoms with E-state index in [2.05, 4.69) is 17.3 Å². The summed E-state index contributed by atoms with van der Waals surface area (Å²) in [4.78, 5) is 0. The van der Waals surface area contributed by atoms with Gasteiger partial charge in [0.15, 0.2) is 11.6 Å². The van der Waals surface area contributed by atoms with Gasteiger partial charge in [0.25, 0.3) is 0 Å². The second-order valence-corrected chi connectivity index (χ2v) is 6.04. The number of ether oxygens (including phenoxy) is 1. The van der Waals surface area contributed by atoms with Gasteiger partial charge in [0, 0.05) is 12.5 Å². The van der Waals surface area contributed by atoms with Gasteiger partial charge in [-0.05, 0) is 38.6 Å². The number of nitrogens with zero attached hydrogens (tertiary/aromatic N) is 2. The van der Waals surface area contributed by atoms with Crippen molar-refractivity contribution in [1.82, 2.24) is 15.1 Å². The van der Waals surface area contributed by atoms with E-state index in [1.165, 1.54) is 19.3 Å². The smallest absolute Gasteiger partial charge is 0.183 e. The Bertz CT molecular complexity index is 453. The number of nitrogens with one attached hydrogen (secondary N) is 1. The highest BCUT2D eigenvalue weighted by Crippen LogP contribution is 2.37. The molecule has 19 heavy (non-hydrogen) atoms. The van der Waals surface area contributed by atoms with Crippen LogP contribution in [0, 0.1) is 18.8 Å². The molecule has 1 saturated carbocycles. The lowest BCUT2D eigenvalue weighted by molar-refractivity contribution is 0.232. The van der Waals surface area contributed by atoms with Gasteiger partial charge in [-0.2, -0.15) is 5.10 Å². The molecular weight excluding hydrogens is 240 g/mol. The molecule has 2 fully saturated rings. The Morgan fingerprint density at radius 1 is 1.42 bits per heavy atom. The molecule has 5 heteroatoms. The molecule has 3 N–H and O–H groups in total. The first-order valence-electron chi connectivity index (χ1n) is 7.35. The number of nitrogens with two attached hydrogens (primary N) is 1. The van der Waals surface area contributed by atoms with Gasteiger partial charge in [0.1, 0.15) is 5.69 Å². The van der Waals surface area contributed by atoms with E-state index in [9.17, 15) is 0 Å². The Morgan fingerprint density at radius 3 is 2.79 bits per heavy atom. The van der Waals surface area contributed by atoms with Crippen LogP contribution in [0.15, 0.2) is 0 Å². The van der Waals surface area contributed by atoms with Gasteiger partial charge < -0.3 is 15.8 Å². The average molecular weight is 264 g/mol. The minimum absolute atomic E-state index is 0.489. The van der Waals surface area contributed by atoms with Crippen molar-refractivity contribution in [1.29, 1.82) is 0 Å². The first-order chi connectivity index (χ1) is 9.16. The molecule has 5 nitrogen and oxygen atoms in total. The Morgan fingerprint density at radius 2 is 2.21 bits per heavy atom. The van der Waals surface area contributed by atoms with E-state index in [0.717, 1.165) is 31.1 Å². The summed E-state index contributed by atoms with van der Waals surface area (Å²) in [7, 11) is 0. The van der Waals surface area contributed by atoms with Crippen LogP contribution in [0.1, 0.15) is 37.9 Å². The lowest BCUT2D eigenvalue weighted by Gasteiger charge is -2.26. The van der Waals surface area contributed by atoms with E-state index in [4.69, 9.17) is 10.5 Å². The predicted molar refractivity (Wildman–Crippen MR) is 75.3 cm³/mol. The number of anilines is 1. The van der Waals surface area contributed by atoms with Crippen molar-refractivity contribution in [3.63, 3.8) is 0 Å². The van der Waals surface area contributed by atoms with Crippen molar-refractivity contribution in [2.24, 2.45) is 11.8 Å². The molecule has 1 aromatic heterocycles. The highest BCUT2D eigenvalue weighted by molar-refractivity contribution is 5.50. The number of hydrogen-bond donors (Lipinski definition) is 2. The third-order valence-electron chi connectivity index (χ3n) is 4.61. The first kappa shape index (κ1) is 12.8. The zero-order valence-electron chi connectivity index (χ0n) is 11.9. The van der Waals surface area contributed by atoms with Crippen LogP contribution in [0.25, 0.3) is 0 Å². The molecule has 0 amide bonds. The molecule has 0 aromatic carbocycles. The quantitative estimate of drug-likeness (QED) is 0.869. The number of aromatic nitrogens is 2. The standard InChI is InChI=1S/C14H24N4O/c1-9-6-16-7-11(9)8-19-13-10(2)17-18(14(13)15)12-4-3-5-12/h9,11-12,16H,3-8,15H2,1-2H3/t9-,11?/m1/s1. The van der Waals surface area contributed by atoms with Crippen molar-refractivity contribution in [2.75, 3.05) is 25.4 Å². The van der Waals surface area contributed by atoms with Crippen LogP contribution in [-0.4, -0.2) is 29.5 Å². The molecule has 1 saturated heterocycles. The molecule has 0 bridgehead atoms. The molecular formula is C14H24N4O. The first-order valence-corrected chi connectivity index (χ1v) is 7.35. The Kier molecular flexibility index (Phi) is 3.39. The zero-order chi connectivity index (χ0) is 13.4. The minimum atomic E-state index is 0.489. The third kappa shape index (κ3) is 2.31. The summed E-state index contributed by atoms with van der Waals surface area (Å²) in [6, 6.07) is 0.489. The minimum Gasteiger partial charge on any atom is -0.487 e. The molecule has 0 radical (unpaired) electrons. The van der Waals surface area contributed by atoms with E-state index >= 15 is 0 Å². The predicted octanol–water partition coefficient (Wildman–Crippen LogP) is 1.73. The molecule has 1 aliphatic heterocycles. The molecule has 2 aliphatic rings. The summed E-state index contributed by atoms with van der Waals surface area (Å²) in [6.45, 7) is 7.11. The van der Waals surface area contributed by atoms with Crippen LogP contribution in [-0.2, 0) is 0 Å². The van der Waals surface area contributed by atoms with E-state index in [-0.39, 0.29) is 0 Å². The van der Waals surface area contributed by atoms with Crippen molar-refractivity contribution >= 4 is 5.82 Å². The van der Waals surface area contributed by atoms with Crippen molar-refractivity contribution in [3.05, 3.63) is 5.69 Å². The summed E-state index contributed by atoms with van der Waals surface area (Å²) in [6.07, 6.45) is 3.66. The SMILES string of the molecule is Cc1nn(C2CCC2)c(N)c1OCC1CNC[C@H]1C. The third-order valence-corrected chi connectivity index (χ3v) is 4.61. The zero-order valence-corrected chi connectivity index (χ0v) is 11.9. The van der Waals surface area contributed by atoms with Gasteiger partial charge in [-0.1, -0.05) is 6.92 Å². The van der Waals surface area contributed by atoms with Crippen LogP contribution >= 0.6 is 0 Å². The molecule has 1 aromatic rings. The highest BCUT2D eigenvalue weighted by Gasteiger charge is 2.27. The fraction of sp³-hybridized carbons (Fsp3) is 0.786. The van der Waals surface area contributed by atoms with Gasteiger partial charge in [-0.25, -0.2) is 4.68 Å². The second kappa shape index (κ2) is 5.04. The molecule has 2 heterocycles. The summed E-state index contributed by atoms with van der Waals surface area (Å²) in [5.74, 6) is 2.75. The Labute approximate surface area is 114 Å². The number of aryl methyl sites for hydroxylation is 1. The average Bonchev–Trinajstić information content (AvgIpc) is 2.82. The Balaban J connectivity index is 1.68. The summed E-state index contributed by atoms with van der Waals surface area (Å²) in [5.41, 5.74) is 7.11. The fourth-order valence-corrected chi connectivity index (χ4v) is 2.92. The lowest BCUT2D eigenvalue weighted by atomic mass is 9.93.